The Morgan fingerprint density at radius 3 is 2.84 bits per heavy atom. The van der Waals surface area contributed by atoms with Crippen LogP contribution in [-0.4, -0.2) is 37.5 Å². The molecule has 0 atom stereocenters. The summed E-state index contributed by atoms with van der Waals surface area (Å²) in [7, 11) is 0. The number of hydrogen-bond acceptors (Lipinski definition) is 5. The predicted octanol–water partition coefficient (Wildman–Crippen LogP) is 3.32. The van der Waals surface area contributed by atoms with E-state index in [2.05, 4.69) is 15.4 Å². The molecule has 0 bridgehead atoms. The summed E-state index contributed by atoms with van der Waals surface area (Å²) in [4.78, 5) is 30.7. The van der Waals surface area contributed by atoms with Crippen LogP contribution in [0.3, 0.4) is 0 Å². The summed E-state index contributed by atoms with van der Waals surface area (Å²) in [6.45, 7) is 2.98. The van der Waals surface area contributed by atoms with Crippen LogP contribution in [0.25, 0.3) is 11.0 Å². The van der Waals surface area contributed by atoms with Gasteiger partial charge in [0.05, 0.1) is 24.8 Å². The first-order valence-corrected chi connectivity index (χ1v) is 11.2. The summed E-state index contributed by atoms with van der Waals surface area (Å²) in [5, 5.41) is 7.54. The van der Waals surface area contributed by atoms with E-state index in [4.69, 9.17) is 0 Å². The van der Waals surface area contributed by atoms with Gasteiger partial charge in [-0.05, 0) is 35.6 Å². The van der Waals surface area contributed by atoms with Crippen molar-refractivity contribution >= 4 is 28.7 Å². The highest BCUT2D eigenvalue weighted by molar-refractivity contribution is 7.99. The highest BCUT2D eigenvalue weighted by Crippen LogP contribution is 2.22. The molecule has 1 N–H and O–H groups in total. The molecule has 0 aliphatic rings. The third kappa shape index (κ3) is 4.72. The average molecular weight is 452 g/mol. The Labute approximate surface area is 188 Å². The van der Waals surface area contributed by atoms with Crippen molar-refractivity contribution in [3.05, 3.63) is 88.4 Å². The zero-order valence-corrected chi connectivity index (χ0v) is 18.3. The maximum Gasteiger partial charge on any atom is 0.264 e. The van der Waals surface area contributed by atoms with Crippen LogP contribution in [0.2, 0.25) is 0 Å². The Balaban J connectivity index is 1.45. The highest BCUT2D eigenvalue weighted by Gasteiger charge is 2.13. The average Bonchev–Trinajstić information content (AvgIpc) is 3.20. The largest absolute Gasteiger partial charge is 0.350 e. The molecule has 0 radical (unpaired) electrons. The monoisotopic (exact) mass is 451 g/mol. The second-order valence-electron chi connectivity index (χ2n) is 7.10. The van der Waals surface area contributed by atoms with Crippen molar-refractivity contribution in [3.63, 3.8) is 0 Å². The Hall–Kier alpha value is -3.46. The molecule has 0 spiro atoms. The zero-order chi connectivity index (χ0) is 22.5. The molecule has 164 valence electrons. The van der Waals surface area contributed by atoms with Gasteiger partial charge in [0, 0.05) is 11.4 Å². The van der Waals surface area contributed by atoms with Gasteiger partial charge in [0.15, 0.2) is 5.65 Å². The molecule has 9 heteroatoms. The summed E-state index contributed by atoms with van der Waals surface area (Å²) in [5.41, 5.74) is 1.51. The second-order valence-corrected chi connectivity index (χ2v) is 8.40. The number of nitrogens with zero attached hydrogens (tertiary/aromatic N) is 4. The number of amides is 1. The van der Waals surface area contributed by atoms with Crippen LogP contribution in [0.15, 0.2) is 70.7 Å². The van der Waals surface area contributed by atoms with Gasteiger partial charge in [-0.15, -0.1) is 11.8 Å². The Morgan fingerprint density at radius 2 is 2.03 bits per heavy atom. The number of rotatable bonds is 8. The SMILES string of the molecule is CCSc1ccccc1C(=O)NCCn1ncc2c(=O)n(Cc3cccc(F)c3)cnc21. The molecule has 1 amide bonds. The van der Waals surface area contributed by atoms with Gasteiger partial charge in [-0.1, -0.05) is 31.2 Å². The molecule has 4 aromatic rings. The maximum atomic E-state index is 13.4. The molecule has 32 heavy (non-hydrogen) atoms. The van der Waals surface area contributed by atoms with E-state index >= 15 is 0 Å². The summed E-state index contributed by atoms with van der Waals surface area (Å²) < 4.78 is 16.4. The van der Waals surface area contributed by atoms with Gasteiger partial charge in [-0.25, -0.2) is 14.1 Å². The number of thioether (sulfide) groups is 1. The minimum Gasteiger partial charge on any atom is -0.350 e. The van der Waals surface area contributed by atoms with Crippen LogP contribution in [0.4, 0.5) is 4.39 Å². The number of benzene rings is 2. The van der Waals surface area contributed by atoms with Crippen LogP contribution in [-0.2, 0) is 13.1 Å². The van der Waals surface area contributed by atoms with Crippen molar-refractivity contribution in [3.8, 4) is 0 Å². The van der Waals surface area contributed by atoms with E-state index in [9.17, 15) is 14.0 Å². The van der Waals surface area contributed by atoms with Crippen molar-refractivity contribution in [2.45, 2.75) is 24.9 Å². The molecule has 0 saturated heterocycles. The lowest BCUT2D eigenvalue weighted by Gasteiger charge is -2.10. The number of halogens is 1. The van der Waals surface area contributed by atoms with Crippen molar-refractivity contribution in [1.82, 2.24) is 24.6 Å². The zero-order valence-electron chi connectivity index (χ0n) is 17.5. The van der Waals surface area contributed by atoms with Gasteiger partial charge in [0.25, 0.3) is 11.5 Å². The first-order chi connectivity index (χ1) is 15.6. The van der Waals surface area contributed by atoms with Crippen molar-refractivity contribution < 1.29 is 9.18 Å². The van der Waals surface area contributed by atoms with Gasteiger partial charge in [0.1, 0.15) is 17.5 Å². The fraction of sp³-hybridized carbons (Fsp3) is 0.217. The predicted molar refractivity (Wildman–Crippen MR) is 122 cm³/mol. The lowest BCUT2D eigenvalue weighted by molar-refractivity contribution is 0.0949. The molecule has 0 aliphatic carbocycles. The molecule has 0 unspecified atom stereocenters. The van der Waals surface area contributed by atoms with Crippen LogP contribution >= 0.6 is 11.8 Å². The quantitative estimate of drug-likeness (QED) is 0.416. The number of fused-ring (bicyclic) bond motifs is 1. The summed E-state index contributed by atoms with van der Waals surface area (Å²) in [5.74, 6) is 0.380. The van der Waals surface area contributed by atoms with E-state index in [0.29, 0.717) is 35.2 Å². The van der Waals surface area contributed by atoms with Crippen LogP contribution in [0, 0.1) is 5.82 Å². The van der Waals surface area contributed by atoms with E-state index in [1.807, 2.05) is 25.1 Å². The fourth-order valence-electron chi connectivity index (χ4n) is 3.41. The smallest absolute Gasteiger partial charge is 0.264 e. The third-order valence-corrected chi connectivity index (χ3v) is 5.86. The molecule has 7 nitrogen and oxygen atoms in total. The van der Waals surface area contributed by atoms with Gasteiger partial charge < -0.3 is 5.32 Å². The molecular formula is C23H22FN5O2S. The number of nitrogens with one attached hydrogen (secondary N) is 1. The van der Waals surface area contributed by atoms with Crippen LogP contribution < -0.4 is 10.9 Å². The number of carbonyl (C=O) groups excluding carboxylic acids is 1. The van der Waals surface area contributed by atoms with Gasteiger partial charge >= 0.3 is 0 Å². The standard InChI is InChI=1S/C23H22FN5O2S/c1-2-32-20-9-4-3-8-18(20)22(30)25-10-11-29-21-19(13-27-29)23(31)28(15-26-21)14-16-6-5-7-17(24)12-16/h3-9,12-13,15H,2,10-11,14H2,1H3,(H,25,30). The molecule has 0 fully saturated rings. The summed E-state index contributed by atoms with van der Waals surface area (Å²) in [6.07, 6.45) is 2.91. The van der Waals surface area contributed by atoms with Crippen molar-refractivity contribution in [1.29, 1.82) is 0 Å². The summed E-state index contributed by atoms with van der Waals surface area (Å²) in [6, 6.07) is 13.6. The normalized spacial score (nSPS) is 11.1. The Morgan fingerprint density at radius 1 is 1.19 bits per heavy atom. The lowest BCUT2D eigenvalue weighted by atomic mass is 10.2. The number of aromatic nitrogens is 4. The van der Waals surface area contributed by atoms with Gasteiger partial charge in [0.2, 0.25) is 0 Å². The molecule has 0 saturated carbocycles. The minimum atomic E-state index is -0.352. The molecule has 0 aliphatic heterocycles. The summed E-state index contributed by atoms with van der Waals surface area (Å²) >= 11 is 1.62. The molecule has 4 rings (SSSR count). The molecule has 2 aromatic carbocycles. The van der Waals surface area contributed by atoms with E-state index < -0.39 is 0 Å². The van der Waals surface area contributed by atoms with Gasteiger partial charge in [-0.3, -0.25) is 14.2 Å². The third-order valence-electron chi connectivity index (χ3n) is 4.90. The first kappa shape index (κ1) is 21.8. The highest BCUT2D eigenvalue weighted by atomic mass is 32.2. The van der Waals surface area contributed by atoms with Crippen molar-refractivity contribution in [2.24, 2.45) is 0 Å². The van der Waals surface area contributed by atoms with Crippen LogP contribution in [0.5, 0.6) is 0 Å². The van der Waals surface area contributed by atoms with E-state index in [0.717, 1.165) is 10.6 Å². The number of carbonyl (C=O) groups is 1. The lowest BCUT2D eigenvalue weighted by Crippen LogP contribution is -2.28. The van der Waals surface area contributed by atoms with E-state index in [1.165, 1.54) is 29.2 Å². The van der Waals surface area contributed by atoms with Crippen LogP contribution in [0.1, 0.15) is 22.8 Å². The fourth-order valence-corrected chi connectivity index (χ4v) is 4.21. The first-order valence-electron chi connectivity index (χ1n) is 10.2. The minimum absolute atomic E-state index is 0.150. The van der Waals surface area contributed by atoms with Gasteiger partial charge in [-0.2, -0.15) is 5.10 Å². The molecule has 2 aromatic heterocycles. The Bertz CT molecular complexity index is 1320. The topological polar surface area (TPSA) is 81.8 Å². The molecule has 2 heterocycles. The van der Waals surface area contributed by atoms with E-state index in [1.54, 1.807) is 34.6 Å². The number of hydrogen-bond donors (Lipinski definition) is 1. The Kier molecular flexibility index (Phi) is 6.65. The van der Waals surface area contributed by atoms with E-state index in [-0.39, 0.29) is 23.8 Å². The second kappa shape index (κ2) is 9.78. The maximum absolute atomic E-state index is 13.4. The van der Waals surface area contributed by atoms with Crippen molar-refractivity contribution in [2.75, 3.05) is 12.3 Å². The molecular weight excluding hydrogens is 429 g/mol.